The van der Waals surface area contributed by atoms with Crippen LogP contribution in [0.1, 0.15) is 27.2 Å². The number of aromatic amines is 1. The second kappa shape index (κ2) is 5.18. The zero-order valence-corrected chi connectivity index (χ0v) is 10.6. The number of nitrogens with one attached hydrogen (secondary N) is 2. The van der Waals surface area contributed by atoms with E-state index in [9.17, 15) is 4.79 Å². The molecule has 0 aliphatic rings. The van der Waals surface area contributed by atoms with Crippen LogP contribution in [0.4, 0.5) is 11.5 Å². The number of hydrogen-bond acceptors (Lipinski definition) is 5. The van der Waals surface area contributed by atoms with E-state index in [0.29, 0.717) is 18.3 Å². The Morgan fingerprint density at radius 1 is 1.59 bits per heavy atom. The van der Waals surface area contributed by atoms with Gasteiger partial charge in [-0.1, -0.05) is 13.8 Å². The van der Waals surface area contributed by atoms with Crippen LogP contribution >= 0.6 is 0 Å². The summed E-state index contributed by atoms with van der Waals surface area (Å²) >= 11 is 0. The van der Waals surface area contributed by atoms with Crippen molar-refractivity contribution in [1.82, 2.24) is 9.97 Å². The van der Waals surface area contributed by atoms with E-state index >= 15 is 0 Å². The summed E-state index contributed by atoms with van der Waals surface area (Å²) in [7, 11) is 0. The molecule has 0 radical (unpaired) electrons. The summed E-state index contributed by atoms with van der Waals surface area (Å²) in [5.74, 6) is 0.877. The molecule has 1 heterocycles. The van der Waals surface area contributed by atoms with Crippen LogP contribution < -0.4 is 22.3 Å². The molecule has 6 N–H and O–H groups in total. The fourth-order valence-corrected chi connectivity index (χ4v) is 1.88. The molecular formula is C11H21N5O. The molecule has 0 aromatic carbocycles. The van der Waals surface area contributed by atoms with Crippen molar-refractivity contribution >= 4 is 11.5 Å². The number of rotatable bonds is 5. The Balaban J connectivity index is 2.95. The molecule has 1 unspecified atom stereocenters. The van der Waals surface area contributed by atoms with Crippen molar-refractivity contribution < 1.29 is 0 Å². The second-order valence-corrected chi connectivity index (χ2v) is 4.98. The first kappa shape index (κ1) is 13.5. The van der Waals surface area contributed by atoms with Crippen LogP contribution in [0.3, 0.4) is 0 Å². The molecule has 96 valence electrons. The van der Waals surface area contributed by atoms with Crippen molar-refractivity contribution in [2.24, 2.45) is 11.7 Å². The molecule has 0 aliphatic heterocycles. The van der Waals surface area contributed by atoms with E-state index in [-0.39, 0.29) is 16.8 Å². The Labute approximate surface area is 101 Å². The van der Waals surface area contributed by atoms with Crippen molar-refractivity contribution in [3.05, 3.63) is 16.7 Å². The van der Waals surface area contributed by atoms with Gasteiger partial charge in [0, 0.05) is 12.1 Å². The van der Waals surface area contributed by atoms with Gasteiger partial charge < -0.3 is 21.8 Å². The van der Waals surface area contributed by atoms with E-state index < -0.39 is 0 Å². The lowest BCUT2D eigenvalue weighted by atomic mass is 9.91. The number of H-pyrrole nitrogens is 1. The summed E-state index contributed by atoms with van der Waals surface area (Å²) in [6.45, 7) is 6.67. The molecule has 1 rings (SSSR count). The number of nitrogens with zero attached hydrogens (tertiary/aromatic N) is 1. The largest absolute Gasteiger partial charge is 0.391 e. The molecule has 1 aromatic heterocycles. The molecule has 1 aromatic rings. The highest BCUT2D eigenvalue weighted by atomic mass is 16.1. The lowest BCUT2D eigenvalue weighted by Crippen LogP contribution is -2.44. The monoisotopic (exact) mass is 239 g/mol. The minimum atomic E-state index is -0.341. The van der Waals surface area contributed by atoms with Crippen LogP contribution in [0.5, 0.6) is 0 Å². The lowest BCUT2D eigenvalue weighted by Gasteiger charge is -2.32. The molecular weight excluding hydrogens is 218 g/mol. The summed E-state index contributed by atoms with van der Waals surface area (Å²) < 4.78 is 0. The molecule has 6 heteroatoms. The maximum atomic E-state index is 11.3. The average Bonchev–Trinajstić information content (AvgIpc) is 2.24. The number of nitrogens with two attached hydrogens (primary N) is 2. The Hall–Kier alpha value is -1.56. The van der Waals surface area contributed by atoms with Gasteiger partial charge in [-0.3, -0.25) is 4.79 Å². The summed E-state index contributed by atoms with van der Waals surface area (Å²) in [4.78, 5) is 17.8. The average molecular weight is 239 g/mol. The van der Waals surface area contributed by atoms with E-state index in [4.69, 9.17) is 11.5 Å². The fraction of sp³-hybridized carbons (Fsp3) is 0.636. The van der Waals surface area contributed by atoms with Crippen LogP contribution in [0.15, 0.2) is 11.1 Å². The van der Waals surface area contributed by atoms with Crippen LogP contribution in [0, 0.1) is 5.92 Å². The first-order valence-electron chi connectivity index (χ1n) is 5.69. The highest BCUT2D eigenvalue weighted by molar-refractivity contribution is 5.60. The van der Waals surface area contributed by atoms with E-state index in [1.807, 2.05) is 6.92 Å². The van der Waals surface area contributed by atoms with Gasteiger partial charge in [0.15, 0.2) is 5.82 Å². The van der Waals surface area contributed by atoms with Gasteiger partial charge >= 0.3 is 0 Å². The summed E-state index contributed by atoms with van der Waals surface area (Å²) in [5.41, 5.74) is 10.9. The van der Waals surface area contributed by atoms with Crippen molar-refractivity contribution in [2.45, 2.75) is 32.7 Å². The predicted molar refractivity (Wildman–Crippen MR) is 69.8 cm³/mol. The highest BCUT2D eigenvalue weighted by Gasteiger charge is 2.25. The Morgan fingerprint density at radius 2 is 2.24 bits per heavy atom. The third-order valence-corrected chi connectivity index (χ3v) is 2.62. The van der Waals surface area contributed by atoms with Gasteiger partial charge in [-0.25, -0.2) is 4.98 Å². The number of hydrogen-bond donors (Lipinski definition) is 4. The standard InChI is InChI=1S/C11H21N5O/c1-7(2)4-11(3,5-12)16-9-8(13)10(17)15-6-14-9/h6-7H,4-5,12-13H2,1-3H3,(H2,14,15,16,17). The van der Waals surface area contributed by atoms with Crippen LogP contribution in [0.25, 0.3) is 0 Å². The summed E-state index contributed by atoms with van der Waals surface area (Å²) in [5, 5.41) is 3.16. The van der Waals surface area contributed by atoms with Crippen molar-refractivity contribution in [1.29, 1.82) is 0 Å². The van der Waals surface area contributed by atoms with Gasteiger partial charge in [0.25, 0.3) is 5.56 Å². The molecule has 0 saturated carbocycles. The van der Waals surface area contributed by atoms with Crippen molar-refractivity contribution in [3.63, 3.8) is 0 Å². The fourth-order valence-electron chi connectivity index (χ4n) is 1.88. The van der Waals surface area contributed by atoms with Gasteiger partial charge in [-0.2, -0.15) is 0 Å². The molecule has 0 amide bonds. The van der Waals surface area contributed by atoms with E-state index in [1.54, 1.807) is 0 Å². The molecule has 0 fully saturated rings. The normalized spacial score (nSPS) is 14.6. The van der Waals surface area contributed by atoms with Crippen molar-refractivity contribution in [2.75, 3.05) is 17.6 Å². The van der Waals surface area contributed by atoms with Crippen LogP contribution in [-0.2, 0) is 0 Å². The Kier molecular flexibility index (Phi) is 4.11. The second-order valence-electron chi connectivity index (χ2n) is 4.98. The Bertz CT molecular complexity index is 428. The number of aromatic nitrogens is 2. The SMILES string of the molecule is CC(C)CC(C)(CN)Nc1nc[nH]c(=O)c1N. The molecule has 17 heavy (non-hydrogen) atoms. The maximum Gasteiger partial charge on any atom is 0.276 e. The smallest absolute Gasteiger partial charge is 0.276 e. The number of nitrogen functional groups attached to an aromatic ring is 1. The van der Waals surface area contributed by atoms with Gasteiger partial charge in [0.1, 0.15) is 5.69 Å². The summed E-state index contributed by atoms with van der Waals surface area (Å²) in [6, 6.07) is 0. The topological polar surface area (TPSA) is 110 Å². The Morgan fingerprint density at radius 3 is 2.76 bits per heavy atom. The molecule has 0 saturated heterocycles. The lowest BCUT2D eigenvalue weighted by molar-refractivity contribution is 0.406. The molecule has 0 aliphatic carbocycles. The predicted octanol–water partition coefficient (Wildman–Crippen LogP) is 0.528. The van der Waals surface area contributed by atoms with Gasteiger partial charge in [-0.15, -0.1) is 0 Å². The molecule has 0 bridgehead atoms. The maximum absolute atomic E-state index is 11.3. The molecule has 0 spiro atoms. The van der Waals surface area contributed by atoms with Gasteiger partial charge in [0.2, 0.25) is 0 Å². The number of anilines is 2. The van der Waals surface area contributed by atoms with Gasteiger partial charge in [-0.05, 0) is 19.3 Å². The van der Waals surface area contributed by atoms with Crippen molar-refractivity contribution in [3.8, 4) is 0 Å². The van der Waals surface area contributed by atoms with Gasteiger partial charge in [0.05, 0.1) is 6.33 Å². The first-order valence-corrected chi connectivity index (χ1v) is 5.69. The first-order chi connectivity index (χ1) is 7.88. The third kappa shape index (κ3) is 3.45. The molecule has 6 nitrogen and oxygen atoms in total. The quantitative estimate of drug-likeness (QED) is 0.599. The zero-order chi connectivity index (χ0) is 13.1. The molecule has 1 atom stereocenters. The van der Waals surface area contributed by atoms with E-state index in [2.05, 4.69) is 29.1 Å². The van der Waals surface area contributed by atoms with E-state index in [0.717, 1.165) is 6.42 Å². The zero-order valence-electron chi connectivity index (χ0n) is 10.6. The minimum absolute atomic E-state index is 0.0935. The minimum Gasteiger partial charge on any atom is -0.391 e. The highest BCUT2D eigenvalue weighted by Crippen LogP contribution is 2.21. The third-order valence-electron chi connectivity index (χ3n) is 2.62. The van der Waals surface area contributed by atoms with Crippen LogP contribution in [0.2, 0.25) is 0 Å². The summed E-state index contributed by atoms with van der Waals surface area (Å²) in [6.07, 6.45) is 2.20. The van der Waals surface area contributed by atoms with Crippen LogP contribution in [-0.4, -0.2) is 22.1 Å². The van der Waals surface area contributed by atoms with E-state index in [1.165, 1.54) is 6.33 Å².